The van der Waals surface area contributed by atoms with Crippen LogP contribution in [-0.4, -0.2) is 11.6 Å². The van der Waals surface area contributed by atoms with E-state index in [4.69, 9.17) is 0 Å². The standard InChI is InChI=1S/C43H52N4O2/c1-27-20-31(16-19-37(27)47-45-26-29-23-35(42(8,9)10)39(49)36(24-29)43(11,12)13)30-14-17-32(18-15-30)46-44-25-28-21-33(40(2,3)4)38(48)34(22-28)41(5,6)7/h14-26H,1-13H3/b46-44+,47-45+. The van der Waals surface area contributed by atoms with Gasteiger partial charge in [0, 0.05) is 22.3 Å². The molecule has 2 aromatic carbocycles. The van der Waals surface area contributed by atoms with Gasteiger partial charge in [-0.25, -0.2) is 0 Å². The van der Waals surface area contributed by atoms with Gasteiger partial charge in [0.05, 0.1) is 23.8 Å². The largest absolute Gasteiger partial charge is 0.289 e. The molecular formula is C43H52N4O2. The number of benzene rings is 2. The Bertz CT molecular complexity index is 1820. The smallest absolute Gasteiger partial charge is 0.186 e. The summed E-state index contributed by atoms with van der Waals surface area (Å²) in [7, 11) is 0. The Morgan fingerprint density at radius 1 is 0.490 bits per heavy atom. The number of rotatable bonds is 5. The van der Waals surface area contributed by atoms with E-state index in [0.717, 1.165) is 61.5 Å². The molecule has 0 amide bonds. The van der Waals surface area contributed by atoms with Gasteiger partial charge in [-0.15, -0.1) is 0 Å². The number of carbonyl (C=O) groups excluding carboxylic acids is 2. The van der Waals surface area contributed by atoms with Gasteiger partial charge < -0.3 is 0 Å². The van der Waals surface area contributed by atoms with Crippen LogP contribution in [0.25, 0.3) is 11.1 Å². The predicted molar refractivity (Wildman–Crippen MR) is 202 cm³/mol. The number of ketones is 2. The molecule has 0 N–H and O–H groups in total. The number of nitrogens with zero attached hydrogens (tertiary/aromatic N) is 4. The lowest BCUT2D eigenvalue weighted by atomic mass is 9.72. The lowest BCUT2D eigenvalue weighted by Gasteiger charge is -2.31. The Labute approximate surface area is 293 Å². The van der Waals surface area contributed by atoms with Crippen molar-refractivity contribution in [1.29, 1.82) is 0 Å². The molecule has 0 aliphatic heterocycles. The Kier molecular flexibility index (Phi) is 10.4. The van der Waals surface area contributed by atoms with Gasteiger partial charge in [-0.05, 0) is 105 Å². The molecule has 2 aromatic rings. The van der Waals surface area contributed by atoms with Gasteiger partial charge in [-0.2, -0.15) is 20.5 Å². The molecule has 0 atom stereocenters. The first kappa shape index (κ1) is 37.2. The summed E-state index contributed by atoms with van der Waals surface area (Å²) < 4.78 is 0. The highest BCUT2D eigenvalue weighted by Gasteiger charge is 2.35. The fourth-order valence-electron chi connectivity index (χ4n) is 5.67. The summed E-state index contributed by atoms with van der Waals surface area (Å²) in [5.41, 5.74) is 8.41. The van der Waals surface area contributed by atoms with Gasteiger partial charge in [0.25, 0.3) is 0 Å². The zero-order valence-electron chi connectivity index (χ0n) is 31.6. The van der Waals surface area contributed by atoms with Crippen molar-refractivity contribution in [3.05, 3.63) is 118 Å². The third kappa shape index (κ3) is 9.11. The molecule has 0 saturated heterocycles. The summed E-state index contributed by atoms with van der Waals surface area (Å²) in [5.74, 6) is 0.206. The average molecular weight is 657 g/mol. The minimum Gasteiger partial charge on any atom is -0.289 e. The van der Waals surface area contributed by atoms with E-state index in [1.807, 2.05) is 67.6 Å². The summed E-state index contributed by atoms with van der Waals surface area (Å²) >= 11 is 0. The molecule has 0 aromatic heterocycles. The van der Waals surface area contributed by atoms with E-state index in [0.29, 0.717) is 0 Å². The summed E-state index contributed by atoms with van der Waals surface area (Å²) in [6.45, 7) is 26.7. The highest BCUT2D eigenvalue weighted by Crippen LogP contribution is 2.40. The van der Waals surface area contributed by atoms with Crippen LogP contribution in [0.15, 0.2) is 133 Å². The van der Waals surface area contributed by atoms with Crippen molar-refractivity contribution in [1.82, 2.24) is 0 Å². The van der Waals surface area contributed by atoms with Crippen molar-refractivity contribution >= 4 is 22.9 Å². The molecular weight excluding hydrogens is 604 g/mol. The topological polar surface area (TPSA) is 83.6 Å². The highest BCUT2D eigenvalue weighted by atomic mass is 16.1. The third-order valence-electron chi connectivity index (χ3n) is 8.60. The van der Waals surface area contributed by atoms with Crippen LogP contribution in [-0.2, 0) is 9.59 Å². The number of Topliss-reactive ketones (excluding diaryl/α,β-unsaturated/α-hetero) is 2. The second-order valence-electron chi connectivity index (χ2n) is 17.1. The van der Waals surface area contributed by atoms with E-state index in [-0.39, 0.29) is 33.2 Å². The lowest BCUT2D eigenvalue weighted by Crippen LogP contribution is -2.27. The summed E-state index contributed by atoms with van der Waals surface area (Å²) in [4.78, 5) is 26.4. The van der Waals surface area contributed by atoms with E-state index < -0.39 is 0 Å². The maximum atomic E-state index is 13.2. The highest BCUT2D eigenvalue weighted by molar-refractivity contribution is 6.12. The van der Waals surface area contributed by atoms with Gasteiger partial charge in [0.1, 0.15) is 0 Å². The number of hydrogen-bond acceptors (Lipinski definition) is 6. The van der Waals surface area contributed by atoms with E-state index in [1.165, 1.54) is 0 Å². The van der Waals surface area contributed by atoms with Crippen molar-refractivity contribution in [2.75, 3.05) is 0 Å². The second-order valence-corrected chi connectivity index (χ2v) is 17.1. The first-order chi connectivity index (χ1) is 22.6. The van der Waals surface area contributed by atoms with Crippen LogP contribution in [0.4, 0.5) is 11.4 Å². The van der Waals surface area contributed by atoms with Crippen LogP contribution >= 0.6 is 0 Å². The van der Waals surface area contributed by atoms with Crippen LogP contribution in [0.2, 0.25) is 0 Å². The Morgan fingerprint density at radius 3 is 1.22 bits per heavy atom. The fraction of sp³-hybridized carbons (Fsp3) is 0.395. The lowest BCUT2D eigenvalue weighted by molar-refractivity contribution is -0.114. The van der Waals surface area contributed by atoms with Crippen LogP contribution in [0.3, 0.4) is 0 Å². The van der Waals surface area contributed by atoms with E-state index in [1.54, 1.807) is 12.4 Å². The SMILES string of the molecule is Cc1cc(-c2ccc(/N=N/C=C3C=C(C(C)(C)C)C(=O)C(C(C)(C)C)=C3)cc2)ccc1/N=N/C=C1C=C(C(C)(C)C)C(=O)C(C(C)(C)C)=C1. The first-order valence-corrected chi connectivity index (χ1v) is 17.0. The number of hydrogen-bond donors (Lipinski definition) is 0. The van der Waals surface area contributed by atoms with E-state index in [9.17, 15) is 9.59 Å². The van der Waals surface area contributed by atoms with Crippen molar-refractivity contribution in [3.63, 3.8) is 0 Å². The summed E-state index contributed by atoms with van der Waals surface area (Å²) in [6, 6.07) is 14.0. The molecule has 6 heteroatoms. The maximum Gasteiger partial charge on any atom is 0.186 e. The molecule has 0 unspecified atom stereocenters. The molecule has 6 nitrogen and oxygen atoms in total. The van der Waals surface area contributed by atoms with E-state index >= 15 is 0 Å². The molecule has 0 radical (unpaired) electrons. The van der Waals surface area contributed by atoms with E-state index in [2.05, 4.69) is 110 Å². The molecule has 2 aliphatic carbocycles. The normalized spacial score (nSPS) is 16.6. The molecule has 0 fully saturated rings. The summed E-state index contributed by atoms with van der Waals surface area (Å²) in [6.07, 6.45) is 11.2. The molecule has 2 aliphatic rings. The molecule has 0 bridgehead atoms. The maximum absolute atomic E-state index is 13.2. The molecule has 4 rings (SSSR count). The Hall–Kier alpha value is -4.58. The number of azo groups is 2. The predicted octanol–water partition coefficient (Wildman–Crippen LogP) is 12.7. The van der Waals surface area contributed by atoms with Crippen molar-refractivity contribution in [3.8, 4) is 11.1 Å². The monoisotopic (exact) mass is 656 g/mol. The van der Waals surface area contributed by atoms with Crippen molar-refractivity contribution < 1.29 is 9.59 Å². The number of carbonyl (C=O) groups is 2. The molecule has 0 heterocycles. The Balaban J connectivity index is 1.51. The molecule has 256 valence electrons. The van der Waals surface area contributed by atoms with Gasteiger partial charge in [0.15, 0.2) is 11.6 Å². The number of allylic oxidation sites excluding steroid dienone is 10. The van der Waals surface area contributed by atoms with Gasteiger partial charge >= 0.3 is 0 Å². The van der Waals surface area contributed by atoms with Gasteiger partial charge in [0.2, 0.25) is 0 Å². The summed E-state index contributed by atoms with van der Waals surface area (Å²) in [5, 5.41) is 17.7. The second kappa shape index (κ2) is 13.7. The molecule has 0 spiro atoms. The van der Waals surface area contributed by atoms with Crippen LogP contribution in [0.5, 0.6) is 0 Å². The zero-order valence-corrected chi connectivity index (χ0v) is 31.6. The molecule has 49 heavy (non-hydrogen) atoms. The van der Waals surface area contributed by atoms with Crippen LogP contribution < -0.4 is 0 Å². The quantitative estimate of drug-likeness (QED) is 0.300. The average Bonchev–Trinajstić information content (AvgIpc) is 2.97. The third-order valence-corrected chi connectivity index (χ3v) is 8.60. The first-order valence-electron chi connectivity index (χ1n) is 17.0. The van der Waals surface area contributed by atoms with Crippen LogP contribution in [0, 0.1) is 28.6 Å². The molecule has 0 saturated carbocycles. The minimum atomic E-state index is -0.275. The Morgan fingerprint density at radius 2 is 0.857 bits per heavy atom. The minimum absolute atomic E-state index is 0.103. The van der Waals surface area contributed by atoms with Crippen molar-refractivity contribution in [2.24, 2.45) is 42.1 Å². The van der Waals surface area contributed by atoms with Gasteiger partial charge in [-0.1, -0.05) is 101 Å². The van der Waals surface area contributed by atoms with Crippen LogP contribution in [0.1, 0.15) is 88.6 Å². The fourth-order valence-corrected chi connectivity index (χ4v) is 5.67. The van der Waals surface area contributed by atoms with Crippen molar-refractivity contribution in [2.45, 2.75) is 90.0 Å². The van der Waals surface area contributed by atoms with Gasteiger partial charge in [-0.3, -0.25) is 9.59 Å². The number of aryl methyl sites for hydroxylation is 1. The zero-order chi connectivity index (χ0) is 36.5.